The van der Waals surface area contributed by atoms with E-state index in [0.29, 0.717) is 23.9 Å². The summed E-state index contributed by atoms with van der Waals surface area (Å²) in [5.74, 6) is 0. The van der Waals surface area contributed by atoms with Crippen LogP contribution in [0, 0.1) is 27.2 Å². The number of nitrogens with one attached hydrogen (secondary N) is 1. The molecular weight excluding hydrogens is 290 g/mol. The van der Waals surface area contributed by atoms with Crippen LogP contribution in [0.5, 0.6) is 0 Å². The zero-order chi connectivity index (χ0) is 16.0. The minimum absolute atomic E-state index is 0.0182. The highest BCUT2D eigenvalue weighted by Gasteiger charge is 2.28. The van der Waals surface area contributed by atoms with Gasteiger partial charge in [0.05, 0.1) is 26.4 Å². The second-order valence-electron chi connectivity index (χ2n) is 5.42. The first-order chi connectivity index (χ1) is 10.4. The first kappa shape index (κ1) is 14.2. The van der Waals surface area contributed by atoms with Gasteiger partial charge in [-0.25, -0.2) is 0 Å². The van der Waals surface area contributed by atoms with E-state index in [0.717, 1.165) is 18.4 Å². The maximum atomic E-state index is 12.4. The quantitative estimate of drug-likeness (QED) is 0.675. The second-order valence-corrected chi connectivity index (χ2v) is 5.42. The monoisotopic (exact) mass is 303 g/mol. The Morgan fingerprint density at radius 2 is 1.73 bits per heavy atom. The highest BCUT2D eigenvalue weighted by atomic mass is 16.6. The molecule has 1 heterocycles. The summed E-state index contributed by atoms with van der Waals surface area (Å²) in [4.78, 5) is 36.3. The van der Waals surface area contributed by atoms with Crippen molar-refractivity contribution in [3.8, 4) is 0 Å². The van der Waals surface area contributed by atoms with Crippen molar-refractivity contribution in [2.45, 2.75) is 32.6 Å². The lowest BCUT2D eigenvalue weighted by Gasteiger charge is -2.18. The number of nitro groups is 2. The third-order valence-electron chi connectivity index (χ3n) is 4.14. The van der Waals surface area contributed by atoms with Crippen LogP contribution < -0.4 is 5.43 Å². The van der Waals surface area contributed by atoms with Gasteiger partial charge in [-0.2, -0.15) is 0 Å². The molecule has 2 aromatic rings. The minimum Gasteiger partial charge on any atom is -0.353 e. The van der Waals surface area contributed by atoms with Gasteiger partial charge < -0.3 is 4.98 Å². The van der Waals surface area contributed by atoms with Crippen molar-refractivity contribution in [2.24, 2.45) is 0 Å². The van der Waals surface area contributed by atoms with E-state index in [-0.39, 0.29) is 16.8 Å². The Bertz CT molecular complexity index is 884. The standard InChI is InChI=1S/C14H13N3O5/c1-7-13(17(21)22)14(18)10-6-11(16(19)20)8-4-2-3-5-9(8)12(10)15-7/h6H,2-5H2,1H3,(H,15,18). The number of H-pyrrole nitrogens is 1. The first-order valence-corrected chi connectivity index (χ1v) is 6.92. The van der Waals surface area contributed by atoms with Crippen molar-refractivity contribution < 1.29 is 9.85 Å². The summed E-state index contributed by atoms with van der Waals surface area (Å²) < 4.78 is 0. The van der Waals surface area contributed by atoms with E-state index in [1.807, 2.05) is 0 Å². The molecule has 8 nitrogen and oxygen atoms in total. The molecule has 22 heavy (non-hydrogen) atoms. The number of rotatable bonds is 2. The molecule has 0 atom stereocenters. The average molecular weight is 303 g/mol. The summed E-state index contributed by atoms with van der Waals surface area (Å²) in [7, 11) is 0. The molecule has 3 rings (SSSR count). The lowest BCUT2D eigenvalue weighted by molar-refractivity contribution is -0.386. The molecular formula is C14H13N3O5. The molecule has 0 fully saturated rings. The van der Waals surface area contributed by atoms with Crippen LogP contribution in [0.2, 0.25) is 0 Å². The fourth-order valence-electron chi connectivity index (χ4n) is 3.17. The van der Waals surface area contributed by atoms with Crippen LogP contribution in [0.3, 0.4) is 0 Å². The molecule has 0 radical (unpaired) electrons. The van der Waals surface area contributed by atoms with E-state index in [9.17, 15) is 25.0 Å². The van der Waals surface area contributed by atoms with Gasteiger partial charge in [-0.1, -0.05) is 0 Å². The summed E-state index contributed by atoms with van der Waals surface area (Å²) in [5.41, 5.74) is 0.590. The summed E-state index contributed by atoms with van der Waals surface area (Å²) >= 11 is 0. The summed E-state index contributed by atoms with van der Waals surface area (Å²) in [6.07, 6.45) is 2.94. The Morgan fingerprint density at radius 1 is 1.09 bits per heavy atom. The molecule has 114 valence electrons. The van der Waals surface area contributed by atoms with Gasteiger partial charge in [0.25, 0.3) is 11.1 Å². The van der Waals surface area contributed by atoms with Crippen molar-refractivity contribution in [2.75, 3.05) is 0 Å². The van der Waals surface area contributed by atoms with E-state index in [4.69, 9.17) is 0 Å². The maximum Gasteiger partial charge on any atom is 0.335 e. The minimum atomic E-state index is -0.771. The molecule has 1 aromatic heterocycles. The number of hydrogen-bond donors (Lipinski definition) is 1. The van der Waals surface area contributed by atoms with Crippen LogP contribution >= 0.6 is 0 Å². The zero-order valence-electron chi connectivity index (χ0n) is 11.8. The van der Waals surface area contributed by atoms with Crippen LogP contribution in [0.25, 0.3) is 10.9 Å². The molecule has 1 aromatic carbocycles. The molecule has 0 saturated heterocycles. The number of aromatic nitrogens is 1. The Balaban J connectivity index is 2.50. The van der Waals surface area contributed by atoms with Crippen molar-refractivity contribution >= 4 is 22.3 Å². The third-order valence-corrected chi connectivity index (χ3v) is 4.14. The fourth-order valence-corrected chi connectivity index (χ4v) is 3.17. The number of pyridine rings is 1. The molecule has 1 N–H and O–H groups in total. The largest absolute Gasteiger partial charge is 0.353 e. The molecule has 0 saturated carbocycles. The van der Waals surface area contributed by atoms with Crippen LogP contribution in [-0.2, 0) is 12.8 Å². The molecule has 8 heteroatoms. The summed E-state index contributed by atoms with van der Waals surface area (Å²) in [6, 6.07) is 1.17. The SMILES string of the molecule is Cc1[nH]c2c3c(c([N+](=O)[O-])cc2c(=O)c1[N+](=O)[O-])CCCC3. The van der Waals surface area contributed by atoms with E-state index in [1.54, 1.807) is 0 Å². The average Bonchev–Trinajstić information content (AvgIpc) is 2.46. The van der Waals surface area contributed by atoms with Gasteiger partial charge in [0, 0.05) is 11.6 Å². The number of fused-ring (bicyclic) bond motifs is 3. The molecule has 0 spiro atoms. The van der Waals surface area contributed by atoms with Gasteiger partial charge >= 0.3 is 5.69 Å². The van der Waals surface area contributed by atoms with Gasteiger partial charge in [-0.05, 0) is 38.2 Å². The molecule has 0 aliphatic heterocycles. The normalized spacial score (nSPS) is 13.9. The van der Waals surface area contributed by atoms with Crippen molar-refractivity contribution in [3.05, 3.63) is 53.3 Å². The lowest BCUT2D eigenvalue weighted by atomic mass is 9.88. The van der Waals surface area contributed by atoms with E-state index in [1.165, 1.54) is 13.0 Å². The molecule has 0 bridgehead atoms. The zero-order valence-corrected chi connectivity index (χ0v) is 11.8. The van der Waals surface area contributed by atoms with Gasteiger partial charge in [-0.15, -0.1) is 0 Å². The Morgan fingerprint density at radius 3 is 2.32 bits per heavy atom. The molecule has 1 aliphatic carbocycles. The van der Waals surface area contributed by atoms with Crippen LogP contribution in [0.15, 0.2) is 10.9 Å². The Hall–Kier alpha value is -2.77. The van der Waals surface area contributed by atoms with Gasteiger partial charge in [0.2, 0.25) is 0 Å². The van der Waals surface area contributed by atoms with E-state index >= 15 is 0 Å². The topological polar surface area (TPSA) is 119 Å². The van der Waals surface area contributed by atoms with Crippen LogP contribution in [-0.4, -0.2) is 14.8 Å². The van der Waals surface area contributed by atoms with Crippen molar-refractivity contribution in [3.63, 3.8) is 0 Å². The van der Waals surface area contributed by atoms with E-state index in [2.05, 4.69) is 4.98 Å². The lowest BCUT2D eigenvalue weighted by Crippen LogP contribution is -2.16. The summed E-state index contributed by atoms with van der Waals surface area (Å²) in [5, 5.41) is 22.3. The number of benzene rings is 1. The fraction of sp³-hybridized carbons (Fsp3) is 0.357. The Labute approximate surface area is 124 Å². The maximum absolute atomic E-state index is 12.4. The summed E-state index contributed by atoms with van der Waals surface area (Å²) in [6.45, 7) is 1.47. The van der Waals surface area contributed by atoms with E-state index < -0.39 is 21.0 Å². The first-order valence-electron chi connectivity index (χ1n) is 6.92. The van der Waals surface area contributed by atoms with Crippen molar-refractivity contribution in [1.82, 2.24) is 4.98 Å². The van der Waals surface area contributed by atoms with Gasteiger partial charge in [-0.3, -0.25) is 25.0 Å². The van der Waals surface area contributed by atoms with Crippen LogP contribution in [0.1, 0.15) is 29.7 Å². The van der Waals surface area contributed by atoms with Gasteiger partial charge in [0.15, 0.2) is 0 Å². The number of aryl methyl sites for hydroxylation is 2. The molecule has 1 aliphatic rings. The third kappa shape index (κ3) is 1.95. The molecule has 0 unspecified atom stereocenters. The number of nitro benzene ring substituents is 1. The number of nitrogens with zero attached hydrogens (tertiary/aromatic N) is 2. The van der Waals surface area contributed by atoms with Gasteiger partial charge in [0.1, 0.15) is 0 Å². The predicted molar refractivity (Wildman–Crippen MR) is 79.3 cm³/mol. The molecule has 0 amide bonds. The van der Waals surface area contributed by atoms with Crippen LogP contribution in [0.4, 0.5) is 11.4 Å². The highest BCUT2D eigenvalue weighted by molar-refractivity contribution is 5.88. The predicted octanol–water partition coefficient (Wildman–Crippen LogP) is 2.53. The smallest absolute Gasteiger partial charge is 0.335 e. The highest BCUT2D eigenvalue weighted by Crippen LogP contribution is 2.35. The van der Waals surface area contributed by atoms with Crippen molar-refractivity contribution in [1.29, 1.82) is 0 Å². The number of hydrogen-bond acceptors (Lipinski definition) is 5. The number of aromatic amines is 1. The second kappa shape index (κ2) is 4.90. The Kier molecular flexibility index (Phi) is 3.16.